The summed E-state index contributed by atoms with van der Waals surface area (Å²) in [5.41, 5.74) is 3.21. The Morgan fingerprint density at radius 3 is 2.64 bits per heavy atom. The summed E-state index contributed by atoms with van der Waals surface area (Å²) in [6, 6.07) is 6.14. The van der Waals surface area contributed by atoms with E-state index in [4.69, 9.17) is 0 Å². The van der Waals surface area contributed by atoms with E-state index in [1.165, 1.54) is 11.8 Å². The molecule has 0 aliphatic heterocycles. The molecule has 7 heteroatoms. The summed E-state index contributed by atoms with van der Waals surface area (Å²) in [6.07, 6.45) is 0.920. The average molecular weight is 319 g/mol. The molecule has 0 aliphatic carbocycles. The molecule has 1 amide bonds. The van der Waals surface area contributed by atoms with Crippen LogP contribution in [0.15, 0.2) is 23.4 Å². The number of carbonyl (C=O) groups excluding carboxylic acids is 1. The molecule has 1 aromatic heterocycles. The highest BCUT2D eigenvalue weighted by Crippen LogP contribution is 2.23. The molecular weight excluding hydrogens is 298 g/mol. The Labute approximate surface area is 134 Å². The van der Waals surface area contributed by atoms with Crippen molar-refractivity contribution in [2.75, 3.05) is 6.54 Å². The van der Waals surface area contributed by atoms with E-state index < -0.39 is 0 Å². The predicted molar refractivity (Wildman–Crippen MR) is 87.2 cm³/mol. The van der Waals surface area contributed by atoms with Gasteiger partial charge in [0.1, 0.15) is 0 Å². The van der Waals surface area contributed by atoms with Crippen LogP contribution in [0.4, 0.5) is 0 Å². The third kappa shape index (κ3) is 4.07. The predicted octanol–water partition coefficient (Wildman–Crippen LogP) is 2.29. The number of hydrogen-bond donors (Lipinski definition) is 1. The van der Waals surface area contributed by atoms with Crippen molar-refractivity contribution in [3.63, 3.8) is 0 Å². The molecule has 1 heterocycles. The molecule has 0 unspecified atom stereocenters. The van der Waals surface area contributed by atoms with Gasteiger partial charge in [-0.1, -0.05) is 24.8 Å². The Hall–Kier alpha value is -1.89. The summed E-state index contributed by atoms with van der Waals surface area (Å²) >= 11 is 1.36. The Morgan fingerprint density at radius 1 is 1.32 bits per heavy atom. The van der Waals surface area contributed by atoms with E-state index in [9.17, 15) is 4.79 Å². The van der Waals surface area contributed by atoms with Crippen LogP contribution in [0.1, 0.15) is 31.4 Å². The summed E-state index contributed by atoms with van der Waals surface area (Å²) in [4.78, 5) is 12.0. The number of thioether (sulfide) groups is 1. The molecule has 2 rings (SSSR count). The summed E-state index contributed by atoms with van der Waals surface area (Å²) < 4.78 is 1.67. The molecule has 0 saturated heterocycles. The first kappa shape index (κ1) is 16.5. The van der Waals surface area contributed by atoms with Crippen molar-refractivity contribution in [1.29, 1.82) is 0 Å². The van der Waals surface area contributed by atoms with Gasteiger partial charge < -0.3 is 5.32 Å². The van der Waals surface area contributed by atoms with E-state index in [2.05, 4.69) is 26.9 Å². The molecule has 22 heavy (non-hydrogen) atoms. The zero-order valence-corrected chi connectivity index (χ0v) is 14.1. The number of benzene rings is 1. The van der Waals surface area contributed by atoms with Crippen LogP contribution < -0.4 is 5.32 Å². The monoisotopic (exact) mass is 319 g/mol. The van der Waals surface area contributed by atoms with E-state index >= 15 is 0 Å². The van der Waals surface area contributed by atoms with Crippen LogP contribution in [0.25, 0.3) is 5.69 Å². The van der Waals surface area contributed by atoms with Crippen molar-refractivity contribution in [1.82, 2.24) is 25.5 Å². The minimum absolute atomic E-state index is 0.00169. The largest absolute Gasteiger partial charge is 0.355 e. The minimum atomic E-state index is -0.248. The number of aryl methyl sites for hydroxylation is 2. The highest BCUT2D eigenvalue weighted by Gasteiger charge is 2.18. The normalized spacial score (nSPS) is 12.2. The summed E-state index contributed by atoms with van der Waals surface area (Å²) in [5.74, 6) is 0.00169. The van der Waals surface area contributed by atoms with Gasteiger partial charge in [0, 0.05) is 6.54 Å². The number of hydrogen-bond acceptors (Lipinski definition) is 5. The van der Waals surface area contributed by atoms with Crippen LogP contribution in [0.2, 0.25) is 0 Å². The lowest BCUT2D eigenvalue weighted by molar-refractivity contribution is -0.120. The van der Waals surface area contributed by atoms with Crippen LogP contribution in [-0.4, -0.2) is 37.9 Å². The van der Waals surface area contributed by atoms with Gasteiger partial charge in [0.05, 0.1) is 10.9 Å². The molecule has 0 saturated carbocycles. The zero-order chi connectivity index (χ0) is 16.1. The van der Waals surface area contributed by atoms with E-state index in [-0.39, 0.29) is 11.2 Å². The molecule has 0 spiro atoms. The second-order valence-electron chi connectivity index (χ2n) is 5.27. The maximum Gasteiger partial charge on any atom is 0.233 e. The second kappa shape index (κ2) is 7.40. The SMILES string of the molecule is CCCNC(=O)[C@H](C)Sc1nnnn1-c1cc(C)cc(C)c1. The third-order valence-electron chi connectivity index (χ3n) is 3.09. The van der Waals surface area contributed by atoms with E-state index in [0.29, 0.717) is 11.7 Å². The minimum Gasteiger partial charge on any atom is -0.355 e. The highest BCUT2D eigenvalue weighted by molar-refractivity contribution is 8.00. The highest BCUT2D eigenvalue weighted by atomic mass is 32.2. The second-order valence-corrected chi connectivity index (χ2v) is 6.58. The first-order valence-electron chi connectivity index (χ1n) is 7.32. The van der Waals surface area contributed by atoms with Gasteiger partial charge in [-0.15, -0.1) is 5.10 Å². The van der Waals surface area contributed by atoms with Gasteiger partial charge in [0.15, 0.2) is 0 Å². The van der Waals surface area contributed by atoms with Gasteiger partial charge in [-0.05, 0) is 60.9 Å². The Morgan fingerprint density at radius 2 is 2.00 bits per heavy atom. The van der Waals surface area contributed by atoms with Crippen LogP contribution in [0.3, 0.4) is 0 Å². The van der Waals surface area contributed by atoms with Crippen molar-refractivity contribution < 1.29 is 4.79 Å². The Kier molecular flexibility index (Phi) is 5.54. The first-order valence-corrected chi connectivity index (χ1v) is 8.20. The zero-order valence-electron chi connectivity index (χ0n) is 13.3. The van der Waals surface area contributed by atoms with Crippen molar-refractivity contribution in [2.45, 2.75) is 44.5 Å². The Bertz CT molecular complexity index is 635. The summed E-state index contributed by atoms with van der Waals surface area (Å²) in [7, 11) is 0. The number of aromatic nitrogens is 4. The topological polar surface area (TPSA) is 72.7 Å². The number of nitrogens with one attached hydrogen (secondary N) is 1. The standard InChI is InChI=1S/C15H21N5OS/c1-5-6-16-14(21)12(4)22-15-17-18-19-20(15)13-8-10(2)7-11(3)9-13/h7-9,12H,5-6H2,1-4H3,(H,16,21)/t12-/m0/s1. The van der Waals surface area contributed by atoms with E-state index in [1.807, 2.05) is 39.8 Å². The van der Waals surface area contributed by atoms with Crippen molar-refractivity contribution in [3.8, 4) is 5.69 Å². The van der Waals surface area contributed by atoms with Gasteiger partial charge in [-0.3, -0.25) is 4.79 Å². The van der Waals surface area contributed by atoms with E-state index in [0.717, 1.165) is 23.2 Å². The summed E-state index contributed by atoms with van der Waals surface area (Å²) in [6.45, 7) is 8.64. The van der Waals surface area contributed by atoms with Gasteiger partial charge in [0.2, 0.25) is 11.1 Å². The smallest absolute Gasteiger partial charge is 0.233 e. The van der Waals surface area contributed by atoms with Gasteiger partial charge >= 0.3 is 0 Å². The quantitative estimate of drug-likeness (QED) is 0.827. The first-order chi connectivity index (χ1) is 10.5. The fraction of sp³-hybridized carbons (Fsp3) is 0.467. The molecule has 2 aromatic rings. The molecule has 118 valence electrons. The van der Waals surface area contributed by atoms with E-state index in [1.54, 1.807) is 4.68 Å². The van der Waals surface area contributed by atoms with Crippen LogP contribution in [0, 0.1) is 13.8 Å². The van der Waals surface area contributed by atoms with Crippen molar-refractivity contribution in [2.24, 2.45) is 0 Å². The van der Waals surface area contributed by atoms with Crippen molar-refractivity contribution in [3.05, 3.63) is 29.3 Å². The molecule has 1 aromatic carbocycles. The molecule has 0 aliphatic rings. The van der Waals surface area contributed by atoms with Gasteiger partial charge in [0.25, 0.3) is 0 Å². The molecular formula is C15H21N5OS. The number of amides is 1. The van der Waals surface area contributed by atoms with Crippen LogP contribution >= 0.6 is 11.8 Å². The molecule has 6 nitrogen and oxygen atoms in total. The average Bonchev–Trinajstić information content (AvgIpc) is 2.91. The molecule has 0 bridgehead atoms. The molecule has 1 atom stereocenters. The number of carbonyl (C=O) groups is 1. The summed E-state index contributed by atoms with van der Waals surface area (Å²) in [5, 5.41) is 15.1. The lowest BCUT2D eigenvalue weighted by atomic mass is 10.1. The maximum absolute atomic E-state index is 12.0. The lowest BCUT2D eigenvalue weighted by Gasteiger charge is -2.11. The fourth-order valence-corrected chi connectivity index (χ4v) is 2.92. The number of nitrogens with zero attached hydrogens (tertiary/aromatic N) is 4. The molecule has 0 radical (unpaired) electrons. The van der Waals surface area contributed by atoms with Crippen LogP contribution in [-0.2, 0) is 4.79 Å². The molecule has 1 N–H and O–H groups in total. The maximum atomic E-state index is 12.0. The molecule has 0 fully saturated rings. The van der Waals surface area contributed by atoms with Gasteiger partial charge in [-0.25, -0.2) is 0 Å². The van der Waals surface area contributed by atoms with Gasteiger partial charge in [-0.2, -0.15) is 4.68 Å². The Balaban J connectivity index is 2.17. The number of rotatable bonds is 6. The third-order valence-corrected chi connectivity index (χ3v) is 4.13. The fourth-order valence-electron chi connectivity index (χ4n) is 2.09. The lowest BCUT2D eigenvalue weighted by Crippen LogP contribution is -2.31. The van der Waals surface area contributed by atoms with Crippen LogP contribution in [0.5, 0.6) is 0 Å². The number of tetrazole rings is 1. The van der Waals surface area contributed by atoms with Crippen molar-refractivity contribution >= 4 is 17.7 Å².